The molecule has 3 rings (SSSR count). The third-order valence-electron chi connectivity index (χ3n) is 3.83. The number of hydrogen-bond donors (Lipinski definition) is 2. The zero-order valence-corrected chi connectivity index (χ0v) is 10.3. The zero-order chi connectivity index (χ0) is 12.0. The highest BCUT2D eigenvalue weighted by Gasteiger charge is 2.25. The molecule has 0 amide bonds. The minimum atomic E-state index is 0.128. The first-order valence-electron chi connectivity index (χ1n) is 6.06. The molecule has 1 atom stereocenters. The van der Waals surface area contributed by atoms with Crippen LogP contribution < -0.4 is 11.1 Å². The number of aromatic nitrogens is 2. The van der Waals surface area contributed by atoms with Crippen LogP contribution in [0, 0.1) is 12.8 Å². The number of fused-ring (bicyclic) bond motifs is 1. The first-order chi connectivity index (χ1) is 8.16. The summed E-state index contributed by atoms with van der Waals surface area (Å²) in [5.74, 6) is 1.60. The van der Waals surface area contributed by atoms with Gasteiger partial charge in [-0.15, -0.1) is 0 Å². The lowest BCUT2D eigenvalue weighted by Crippen LogP contribution is -2.47. The van der Waals surface area contributed by atoms with Gasteiger partial charge in [-0.25, -0.2) is 4.98 Å². The van der Waals surface area contributed by atoms with E-state index >= 15 is 0 Å². The lowest BCUT2D eigenvalue weighted by Gasteiger charge is -2.32. The summed E-state index contributed by atoms with van der Waals surface area (Å²) in [6.07, 6.45) is 0. The lowest BCUT2D eigenvalue weighted by molar-refractivity contribution is 0.295. The van der Waals surface area contributed by atoms with E-state index in [0.29, 0.717) is 5.92 Å². The number of nitrogens with zero attached hydrogens (tertiary/aromatic N) is 2. The smallest absolute Gasteiger partial charge is 0.106 e. The molecule has 1 aromatic carbocycles. The predicted octanol–water partition coefficient (Wildman–Crippen LogP) is 1.10. The molecule has 1 aliphatic heterocycles. The summed E-state index contributed by atoms with van der Waals surface area (Å²) in [6, 6.07) is 6.51. The van der Waals surface area contributed by atoms with E-state index < -0.39 is 0 Å². The van der Waals surface area contributed by atoms with Gasteiger partial charge in [0.15, 0.2) is 0 Å². The normalized spacial score (nSPS) is 18.3. The number of hydrogen-bond acceptors (Lipinski definition) is 3. The molecular weight excluding hydrogens is 212 g/mol. The van der Waals surface area contributed by atoms with Crippen molar-refractivity contribution in [3.8, 4) is 0 Å². The zero-order valence-electron chi connectivity index (χ0n) is 10.3. The average molecular weight is 230 g/mol. The molecule has 2 aromatic rings. The van der Waals surface area contributed by atoms with E-state index in [4.69, 9.17) is 5.73 Å². The maximum absolute atomic E-state index is 6.26. The molecule has 90 valence electrons. The fourth-order valence-electron chi connectivity index (χ4n) is 2.38. The Kier molecular flexibility index (Phi) is 2.42. The van der Waals surface area contributed by atoms with Gasteiger partial charge in [0, 0.05) is 32.1 Å². The second kappa shape index (κ2) is 3.82. The average Bonchev–Trinajstić information content (AvgIpc) is 2.52. The standard InChI is InChI=1S/C13H18N4/c1-8-16-11-5-9(3-4-12(11)17(8)2)13(14)10-6-15-7-10/h3-5,10,13,15H,6-7,14H2,1-2H3. The van der Waals surface area contributed by atoms with Gasteiger partial charge in [-0.2, -0.15) is 0 Å². The molecule has 0 spiro atoms. The quantitative estimate of drug-likeness (QED) is 0.812. The summed E-state index contributed by atoms with van der Waals surface area (Å²) in [5.41, 5.74) is 9.68. The van der Waals surface area contributed by atoms with Gasteiger partial charge in [-0.3, -0.25) is 0 Å². The molecule has 3 N–H and O–H groups in total. The van der Waals surface area contributed by atoms with Crippen LogP contribution in [0.15, 0.2) is 18.2 Å². The van der Waals surface area contributed by atoms with Gasteiger partial charge in [0.25, 0.3) is 0 Å². The lowest BCUT2D eigenvalue weighted by atomic mass is 9.89. The minimum Gasteiger partial charge on any atom is -0.331 e. The van der Waals surface area contributed by atoms with E-state index in [2.05, 4.69) is 33.1 Å². The summed E-state index contributed by atoms with van der Waals surface area (Å²) in [5, 5.41) is 3.26. The van der Waals surface area contributed by atoms with Crippen molar-refractivity contribution in [1.82, 2.24) is 14.9 Å². The molecular formula is C13H18N4. The molecule has 4 heteroatoms. The molecule has 0 bridgehead atoms. The second-order valence-corrected chi connectivity index (χ2v) is 4.91. The Balaban J connectivity index is 2.01. The van der Waals surface area contributed by atoms with Gasteiger partial charge < -0.3 is 15.6 Å². The Morgan fingerprint density at radius 1 is 1.47 bits per heavy atom. The van der Waals surface area contributed by atoms with Gasteiger partial charge in [0.2, 0.25) is 0 Å². The second-order valence-electron chi connectivity index (χ2n) is 4.91. The number of nitrogens with two attached hydrogens (primary N) is 1. The van der Waals surface area contributed by atoms with Crippen LogP contribution in [0.5, 0.6) is 0 Å². The van der Waals surface area contributed by atoms with E-state index in [9.17, 15) is 0 Å². The molecule has 1 aliphatic rings. The largest absolute Gasteiger partial charge is 0.331 e. The van der Waals surface area contributed by atoms with Gasteiger partial charge in [0.05, 0.1) is 11.0 Å². The maximum Gasteiger partial charge on any atom is 0.106 e. The molecule has 0 saturated carbocycles. The molecule has 1 fully saturated rings. The molecule has 0 radical (unpaired) electrons. The van der Waals surface area contributed by atoms with Crippen LogP contribution in [0.1, 0.15) is 17.4 Å². The van der Waals surface area contributed by atoms with Gasteiger partial charge >= 0.3 is 0 Å². The van der Waals surface area contributed by atoms with Gasteiger partial charge in [-0.05, 0) is 24.6 Å². The van der Waals surface area contributed by atoms with Crippen molar-refractivity contribution in [3.63, 3.8) is 0 Å². The fraction of sp³-hybridized carbons (Fsp3) is 0.462. The Morgan fingerprint density at radius 2 is 2.24 bits per heavy atom. The summed E-state index contributed by atoms with van der Waals surface area (Å²) in [7, 11) is 2.04. The van der Waals surface area contributed by atoms with Crippen LogP contribution in [0.3, 0.4) is 0 Å². The van der Waals surface area contributed by atoms with Crippen LogP contribution in [0.4, 0.5) is 0 Å². The van der Waals surface area contributed by atoms with Crippen molar-refractivity contribution in [2.24, 2.45) is 18.7 Å². The fourth-order valence-corrected chi connectivity index (χ4v) is 2.38. The number of nitrogens with one attached hydrogen (secondary N) is 1. The van der Waals surface area contributed by atoms with Crippen LogP contribution in [0.2, 0.25) is 0 Å². The Labute approximate surface area is 101 Å². The number of benzene rings is 1. The molecule has 0 aliphatic carbocycles. The van der Waals surface area contributed by atoms with E-state index in [1.54, 1.807) is 0 Å². The van der Waals surface area contributed by atoms with Crippen molar-refractivity contribution in [2.75, 3.05) is 13.1 Å². The first-order valence-corrected chi connectivity index (χ1v) is 6.06. The monoisotopic (exact) mass is 230 g/mol. The minimum absolute atomic E-state index is 0.128. The van der Waals surface area contributed by atoms with E-state index in [-0.39, 0.29) is 6.04 Å². The third kappa shape index (κ3) is 1.64. The highest BCUT2D eigenvalue weighted by molar-refractivity contribution is 5.77. The molecule has 2 heterocycles. The molecule has 4 nitrogen and oxygen atoms in total. The summed E-state index contributed by atoms with van der Waals surface area (Å²) < 4.78 is 2.11. The van der Waals surface area contributed by atoms with E-state index in [0.717, 1.165) is 24.4 Å². The first kappa shape index (κ1) is 10.7. The van der Waals surface area contributed by atoms with Crippen molar-refractivity contribution >= 4 is 11.0 Å². The maximum atomic E-state index is 6.26. The summed E-state index contributed by atoms with van der Waals surface area (Å²) >= 11 is 0. The number of aryl methyl sites for hydroxylation is 2. The van der Waals surface area contributed by atoms with Crippen molar-refractivity contribution in [2.45, 2.75) is 13.0 Å². The van der Waals surface area contributed by atoms with Crippen molar-refractivity contribution < 1.29 is 0 Å². The molecule has 1 unspecified atom stereocenters. The molecule has 1 saturated heterocycles. The predicted molar refractivity (Wildman–Crippen MR) is 68.7 cm³/mol. The van der Waals surface area contributed by atoms with Crippen molar-refractivity contribution in [1.29, 1.82) is 0 Å². The number of rotatable bonds is 2. The van der Waals surface area contributed by atoms with Crippen molar-refractivity contribution in [3.05, 3.63) is 29.6 Å². The summed E-state index contributed by atoms with van der Waals surface area (Å²) in [6.45, 7) is 4.08. The van der Waals surface area contributed by atoms with E-state index in [1.807, 2.05) is 14.0 Å². The SMILES string of the molecule is Cc1nc2cc(C(N)C3CNC3)ccc2n1C. The number of imidazole rings is 1. The van der Waals surface area contributed by atoms with Crippen LogP contribution >= 0.6 is 0 Å². The topological polar surface area (TPSA) is 55.9 Å². The summed E-state index contributed by atoms with van der Waals surface area (Å²) in [4.78, 5) is 4.55. The highest BCUT2D eigenvalue weighted by atomic mass is 15.0. The Morgan fingerprint density at radius 3 is 2.88 bits per heavy atom. The van der Waals surface area contributed by atoms with Crippen LogP contribution in [0.25, 0.3) is 11.0 Å². The Hall–Kier alpha value is -1.39. The third-order valence-corrected chi connectivity index (χ3v) is 3.83. The highest BCUT2D eigenvalue weighted by Crippen LogP contribution is 2.25. The van der Waals surface area contributed by atoms with Crippen LogP contribution in [-0.4, -0.2) is 22.6 Å². The van der Waals surface area contributed by atoms with E-state index in [1.165, 1.54) is 11.1 Å². The molecule has 17 heavy (non-hydrogen) atoms. The molecule has 1 aromatic heterocycles. The van der Waals surface area contributed by atoms with Crippen LogP contribution in [-0.2, 0) is 7.05 Å². The van der Waals surface area contributed by atoms with Gasteiger partial charge in [-0.1, -0.05) is 6.07 Å². The van der Waals surface area contributed by atoms with Gasteiger partial charge in [0.1, 0.15) is 5.82 Å². The Bertz CT molecular complexity index is 554.